The molecular weight excluding hydrogens is 489 g/mol. The lowest BCUT2D eigenvalue weighted by molar-refractivity contribution is 0.359. The number of ether oxygens (including phenoxy) is 1. The fourth-order valence-electron chi connectivity index (χ4n) is 2.92. The molecule has 3 aromatic rings. The van der Waals surface area contributed by atoms with Crippen LogP contribution < -0.4 is 15.4 Å². The van der Waals surface area contributed by atoms with Gasteiger partial charge in [0.25, 0.3) is 0 Å². The van der Waals surface area contributed by atoms with Crippen LogP contribution in [0.2, 0.25) is 0 Å². The maximum absolute atomic E-state index is 5.73. The number of hydrogen-bond donors (Lipinski definition) is 2. The summed E-state index contributed by atoms with van der Waals surface area (Å²) in [5.74, 6) is 1.59. The predicted octanol–water partition coefficient (Wildman–Crippen LogP) is 4.31. The van der Waals surface area contributed by atoms with Crippen LogP contribution in [0.25, 0.3) is 5.69 Å². The molecule has 0 unspecified atom stereocenters. The SMILES string of the molecule is C=CCOc1ccccc1CN=C(NCC)NCc1ccccc1-n1ccnc1.I. The summed E-state index contributed by atoms with van der Waals surface area (Å²) in [7, 11) is 0. The molecular formula is C23H28IN5O. The van der Waals surface area contributed by atoms with Gasteiger partial charge in [0, 0.05) is 31.0 Å². The molecule has 6 nitrogen and oxygen atoms in total. The molecule has 7 heteroatoms. The van der Waals surface area contributed by atoms with Crippen molar-refractivity contribution < 1.29 is 4.74 Å². The highest BCUT2D eigenvalue weighted by Gasteiger charge is 2.06. The van der Waals surface area contributed by atoms with Crippen molar-refractivity contribution in [2.24, 2.45) is 4.99 Å². The summed E-state index contributed by atoms with van der Waals surface area (Å²) < 4.78 is 7.74. The number of guanidine groups is 1. The fraction of sp³-hybridized carbons (Fsp3) is 0.217. The van der Waals surface area contributed by atoms with Crippen LogP contribution in [0.3, 0.4) is 0 Å². The molecule has 0 aliphatic carbocycles. The standard InChI is InChI=1S/C23H27N5O.HI/c1-3-15-29-22-12-8-6-10-20(22)17-27-23(25-4-2)26-16-19-9-5-7-11-21(19)28-14-13-24-18-28;/h3,5-14,18H,1,4,15-17H2,2H3,(H2,25,26,27);1H. The number of hydrogen-bond acceptors (Lipinski definition) is 3. The van der Waals surface area contributed by atoms with Crippen molar-refractivity contribution in [3.05, 3.63) is 91.0 Å². The van der Waals surface area contributed by atoms with Gasteiger partial charge in [-0.3, -0.25) is 0 Å². The number of aliphatic imine (C=N–C) groups is 1. The van der Waals surface area contributed by atoms with Crippen molar-refractivity contribution in [2.75, 3.05) is 13.2 Å². The third-order valence-electron chi connectivity index (χ3n) is 4.30. The van der Waals surface area contributed by atoms with Crippen molar-refractivity contribution in [3.8, 4) is 11.4 Å². The molecule has 0 spiro atoms. The average molecular weight is 517 g/mol. The van der Waals surface area contributed by atoms with E-state index in [1.165, 1.54) is 0 Å². The first-order valence-corrected chi connectivity index (χ1v) is 9.71. The largest absolute Gasteiger partial charge is 0.489 e. The van der Waals surface area contributed by atoms with Crippen LogP contribution >= 0.6 is 24.0 Å². The van der Waals surface area contributed by atoms with E-state index in [1.54, 1.807) is 18.6 Å². The first-order valence-electron chi connectivity index (χ1n) is 9.71. The van der Waals surface area contributed by atoms with Crippen LogP contribution in [0.15, 0.2) is 84.9 Å². The summed E-state index contributed by atoms with van der Waals surface area (Å²) in [4.78, 5) is 8.87. The van der Waals surface area contributed by atoms with Crippen LogP contribution in [0.4, 0.5) is 0 Å². The summed E-state index contributed by atoms with van der Waals surface area (Å²) in [6.45, 7) is 8.18. The Balaban J connectivity index is 0.00000320. The molecule has 0 aliphatic rings. The molecule has 0 fully saturated rings. The second-order valence-corrected chi connectivity index (χ2v) is 6.35. The van der Waals surface area contributed by atoms with Gasteiger partial charge in [-0.05, 0) is 24.6 Å². The Morgan fingerprint density at radius 1 is 1.13 bits per heavy atom. The van der Waals surface area contributed by atoms with Gasteiger partial charge in [0.15, 0.2) is 5.96 Å². The minimum absolute atomic E-state index is 0. The number of nitrogens with zero attached hydrogens (tertiary/aromatic N) is 3. The monoisotopic (exact) mass is 517 g/mol. The van der Waals surface area contributed by atoms with Gasteiger partial charge in [-0.1, -0.05) is 49.1 Å². The van der Waals surface area contributed by atoms with E-state index in [2.05, 4.69) is 41.3 Å². The summed E-state index contributed by atoms with van der Waals surface area (Å²) >= 11 is 0. The van der Waals surface area contributed by atoms with Gasteiger partial charge in [0.1, 0.15) is 12.4 Å². The van der Waals surface area contributed by atoms with E-state index in [9.17, 15) is 0 Å². The third-order valence-corrected chi connectivity index (χ3v) is 4.30. The zero-order valence-corrected chi connectivity index (χ0v) is 19.5. The normalized spacial score (nSPS) is 10.8. The van der Waals surface area contributed by atoms with Crippen molar-refractivity contribution >= 4 is 29.9 Å². The van der Waals surface area contributed by atoms with E-state index in [-0.39, 0.29) is 24.0 Å². The van der Waals surface area contributed by atoms with Gasteiger partial charge < -0.3 is 19.9 Å². The number of imidazole rings is 1. The van der Waals surface area contributed by atoms with Gasteiger partial charge in [-0.25, -0.2) is 9.98 Å². The highest BCUT2D eigenvalue weighted by molar-refractivity contribution is 14.0. The molecule has 0 aliphatic heterocycles. The predicted molar refractivity (Wildman–Crippen MR) is 133 cm³/mol. The summed E-state index contributed by atoms with van der Waals surface area (Å²) in [5, 5.41) is 6.72. The molecule has 158 valence electrons. The van der Waals surface area contributed by atoms with Crippen molar-refractivity contribution in [2.45, 2.75) is 20.0 Å². The number of halogens is 1. The Hall–Kier alpha value is -2.81. The number of rotatable bonds is 9. The summed E-state index contributed by atoms with van der Waals surface area (Å²) in [5.41, 5.74) is 3.28. The summed E-state index contributed by atoms with van der Waals surface area (Å²) in [6, 6.07) is 16.2. The minimum Gasteiger partial charge on any atom is -0.489 e. The Kier molecular flexibility index (Phi) is 9.93. The van der Waals surface area contributed by atoms with E-state index in [4.69, 9.17) is 9.73 Å². The van der Waals surface area contributed by atoms with Crippen LogP contribution in [-0.4, -0.2) is 28.7 Å². The quantitative estimate of drug-likeness (QED) is 0.192. The molecule has 1 aromatic heterocycles. The van der Waals surface area contributed by atoms with E-state index < -0.39 is 0 Å². The number of para-hydroxylation sites is 2. The Labute approximate surface area is 195 Å². The number of nitrogens with one attached hydrogen (secondary N) is 2. The number of aromatic nitrogens is 2. The molecule has 0 bridgehead atoms. The lowest BCUT2D eigenvalue weighted by Crippen LogP contribution is -2.37. The smallest absolute Gasteiger partial charge is 0.191 e. The van der Waals surface area contributed by atoms with Gasteiger partial charge in [0.2, 0.25) is 0 Å². The zero-order chi connectivity index (χ0) is 20.3. The third kappa shape index (κ3) is 6.62. The molecule has 0 radical (unpaired) electrons. The summed E-state index contributed by atoms with van der Waals surface area (Å²) in [6.07, 6.45) is 7.27. The minimum atomic E-state index is 0. The molecule has 0 saturated heterocycles. The van der Waals surface area contributed by atoms with Crippen LogP contribution in [0.5, 0.6) is 5.75 Å². The van der Waals surface area contributed by atoms with Gasteiger partial charge in [0.05, 0.1) is 18.6 Å². The van der Waals surface area contributed by atoms with Crippen molar-refractivity contribution in [1.29, 1.82) is 0 Å². The zero-order valence-electron chi connectivity index (χ0n) is 17.1. The van der Waals surface area contributed by atoms with E-state index in [1.807, 2.05) is 47.2 Å². The lowest BCUT2D eigenvalue weighted by Gasteiger charge is -2.15. The maximum atomic E-state index is 5.73. The highest BCUT2D eigenvalue weighted by Crippen LogP contribution is 2.19. The van der Waals surface area contributed by atoms with Gasteiger partial charge in [-0.15, -0.1) is 24.0 Å². The average Bonchev–Trinajstić information content (AvgIpc) is 3.30. The van der Waals surface area contributed by atoms with Crippen LogP contribution in [0.1, 0.15) is 18.1 Å². The van der Waals surface area contributed by atoms with Crippen LogP contribution in [0, 0.1) is 0 Å². The molecule has 3 rings (SSSR count). The van der Waals surface area contributed by atoms with Gasteiger partial charge >= 0.3 is 0 Å². The van der Waals surface area contributed by atoms with Crippen molar-refractivity contribution in [1.82, 2.24) is 20.2 Å². The molecule has 0 atom stereocenters. The molecule has 2 aromatic carbocycles. The van der Waals surface area contributed by atoms with Crippen LogP contribution in [-0.2, 0) is 13.1 Å². The molecule has 0 amide bonds. The molecule has 0 saturated carbocycles. The number of benzene rings is 2. The Bertz CT molecular complexity index is 940. The second kappa shape index (κ2) is 12.7. The first-order chi connectivity index (χ1) is 14.3. The molecule has 30 heavy (non-hydrogen) atoms. The van der Waals surface area contributed by atoms with E-state index >= 15 is 0 Å². The molecule has 1 heterocycles. The van der Waals surface area contributed by atoms with E-state index in [0.717, 1.165) is 35.1 Å². The first kappa shape index (κ1) is 23.5. The molecule has 2 N–H and O–H groups in total. The van der Waals surface area contributed by atoms with E-state index in [0.29, 0.717) is 19.7 Å². The maximum Gasteiger partial charge on any atom is 0.191 e. The fourth-order valence-corrected chi connectivity index (χ4v) is 2.92. The lowest BCUT2D eigenvalue weighted by atomic mass is 10.1. The second-order valence-electron chi connectivity index (χ2n) is 6.35. The highest BCUT2D eigenvalue weighted by atomic mass is 127. The topological polar surface area (TPSA) is 63.5 Å². The van der Waals surface area contributed by atoms with Crippen molar-refractivity contribution in [3.63, 3.8) is 0 Å². The van der Waals surface area contributed by atoms with Gasteiger partial charge in [-0.2, -0.15) is 0 Å². The Morgan fingerprint density at radius 3 is 2.63 bits per heavy atom. The Morgan fingerprint density at radius 2 is 1.90 bits per heavy atom.